The lowest BCUT2D eigenvalue weighted by atomic mass is 10.1. The molecular weight excluding hydrogens is 398 g/mol. The van der Waals surface area contributed by atoms with E-state index in [-0.39, 0.29) is 18.6 Å². The van der Waals surface area contributed by atoms with Gasteiger partial charge in [-0.05, 0) is 31.6 Å². The van der Waals surface area contributed by atoms with Gasteiger partial charge in [-0.25, -0.2) is 9.59 Å². The molecule has 2 amide bonds. The van der Waals surface area contributed by atoms with E-state index in [1.54, 1.807) is 43.3 Å². The second-order valence-corrected chi connectivity index (χ2v) is 7.80. The number of aromatic nitrogens is 1. The minimum Gasteiger partial charge on any atom is -0.447 e. The fraction of sp³-hybridized carbons (Fsp3) is 0.304. The number of rotatable bonds is 6. The van der Waals surface area contributed by atoms with Crippen molar-refractivity contribution in [3.8, 4) is 0 Å². The van der Waals surface area contributed by atoms with Gasteiger partial charge in [0.2, 0.25) is 5.91 Å². The first-order valence-corrected chi connectivity index (χ1v) is 10.0. The Kier molecular flexibility index (Phi) is 5.46. The highest BCUT2D eigenvalue weighted by Gasteiger charge is 2.39. The Labute approximate surface area is 180 Å². The van der Waals surface area contributed by atoms with E-state index in [1.165, 1.54) is 11.0 Å². The van der Waals surface area contributed by atoms with Crippen molar-refractivity contribution in [1.29, 1.82) is 0 Å². The molecule has 2 aromatic rings. The smallest absolute Gasteiger partial charge is 0.415 e. The molecule has 8 nitrogen and oxygen atoms in total. The first-order valence-electron chi connectivity index (χ1n) is 10.0. The number of cyclic esters (lactones) is 1. The van der Waals surface area contributed by atoms with Gasteiger partial charge in [-0.1, -0.05) is 30.3 Å². The van der Waals surface area contributed by atoms with E-state index >= 15 is 0 Å². The number of benzene rings is 1. The third-order valence-corrected chi connectivity index (χ3v) is 5.39. The number of nitrogens with zero attached hydrogens (tertiary/aromatic N) is 3. The maximum absolute atomic E-state index is 12.5. The summed E-state index contributed by atoms with van der Waals surface area (Å²) in [5.41, 5.74) is 1.07. The summed E-state index contributed by atoms with van der Waals surface area (Å²) in [6, 6.07) is 11.0. The Balaban J connectivity index is 1.55. The number of amides is 2. The number of esters is 1. The summed E-state index contributed by atoms with van der Waals surface area (Å²) in [4.78, 5) is 43.8. The lowest BCUT2D eigenvalue weighted by Gasteiger charge is -2.42. The number of hydrogen-bond donors (Lipinski definition) is 0. The zero-order chi connectivity index (χ0) is 22.0. The fourth-order valence-corrected chi connectivity index (χ4v) is 3.73. The zero-order valence-corrected chi connectivity index (χ0v) is 17.4. The molecule has 160 valence electrons. The molecule has 0 N–H and O–H groups in total. The van der Waals surface area contributed by atoms with Crippen molar-refractivity contribution in [2.75, 3.05) is 18.1 Å². The number of hydrogen-bond acceptors (Lipinski definition) is 6. The summed E-state index contributed by atoms with van der Waals surface area (Å²) < 4.78 is 10.8. The second-order valence-electron chi connectivity index (χ2n) is 7.80. The fourth-order valence-electron chi connectivity index (χ4n) is 3.73. The van der Waals surface area contributed by atoms with Gasteiger partial charge in [-0.3, -0.25) is 14.7 Å². The number of likely N-dealkylation sites (tertiary alicyclic amines) is 1. The first-order chi connectivity index (χ1) is 14.9. The minimum absolute atomic E-state index is 0.0455. The van der Waals surface area contributed by atoms with Gasteiger partial charge in [-0.15, -0.1) is 0 Å². The Morgan fingerprint density at radius 1 is 1.23 bits per heavy atom. The van der Waals surface area contributed by atoms with E-state index in [0.717, 1.165) is 5.56 Å². The summed E-state index contributed by atoms with van der Waals surface area (Å²) in [6.07, 6.45) is 5.96. The van der Waals surface area contributed by atoms with Crippen molar-refractivity contribution >= 4 is 29.7 Å². The minimum atomic E-state index is -1.02. The van der Waals surface area contributed by atoms with Gasteiger partial charge in [-0.2, -0.15) is 0 Å². The number of carbonyl (C=O) groups excluding carboxylic acids is 3. The molecule has 8 heteroatoms. The van der Waals surface area contributed by atoms with E-state index < -0.39 is 17.8 Å². The van der Waals surface area contributed by atoms with E-state index in [1.807, 2.05) is 30.3 Å². The van der Waals surface area contributed by atoms with Crippen molar-refractivity contribution in [2.24, 2.45) is 0 Å². The quantitative estimate of drug-likeness (QED) is 0.404. The maximum atomic E-state index is 12.5. The standard InChI is InChI=1S/C23H23N3O5/c1-23(2,25-13-11-20(25)27)31-21(28)9-8-17-14-24-12-10-18(17)26-19(15-30-22(26)29)16-6-4-3-5-7-16/h3-10,12,14,19H,11,13,15H2,1-2H3/t19-/m0/s1. The van der Waals surface area contributed by atoms with E-state index in [9.17, 15) is 14.4 Å². The van der Waals surface area contributed by atoms with Crippen molar-refractivity contribution in [1.82, 2.24) is 9.88 Å². The van der Waals surface area contributed by atoms with Gasteiger partial charge in [0.15, 0.2) is 5.72 Å². The van der Waals surface area contributed by atoms with Gasteiger partial charge in [0.25, 0.3) is 0 Å². The van der Waals surface area contributed by atoms with Crippen LogP contribution in [0.15, 0.2) is 54.9 Å². The van der Waals surface area contributed by atoms with E-state index in [2.05, 4.69) is 4.98 Å². The molecule has 0 saturated carbocycles. The number of pyridine rings is 1. The van der Waals surface area contributed by atoms with Crippen LogP contribution in [0.5, 0.6) is 0 Å². The molecule has 1 aromatic carbocycles. The average Bonchev–Trinajstić information content (AvgIpc) is 3.12. The van der Waals surface area contributed by atoms with Crippen LogP contribution in [-0.2, 0) is 19.1 Å². The van der Waals surface area contributed by atoms with Crippen molar-refractivity contribution < 1.29 is 23.9 Å². The number of carbonyl (C=O) groups is 3. The Morgan fingerprint density at radius 2 is 2.00 bits per heavy atom. The lowest BCUT2D eigenvalue weighted by Crippen LogP contribution is -2.57. The molecule has 2 aliphatic rings. The van der Waals surface area contributed by atoms with Gasteiger partial charge in [0, 0.05) is 37.0 Å². The Morgan fingerprint density at radius 3 is 2.68 bits per heavy atom. The predicted octanol–water partition coefficient (Wildman–Crippen LogP) is 3.30. The highest BCUT2D eigenvalue weighted by atomic mass is 16.6. The third-order valence-electron chi connectivity index (χ3n) is 5.39. The summed E-state index contributed by atoms with van der Waals surface area (Å²) in [6.45, 7) is 4.15. The number of anilines is 1. The molecule has 0 bridgehead atoms. The number of ether oxygens (including phenoxy) is 2. The van der Waals surface area contributed by atoms with Crippen LogP contribution in [-0.4, -0.2) is 46.7 Å². The molecule has 2 saturated heterocycles. The molecule has 31 heavy (non-hydrogen) atoms. The Hall–Kier alpha value is -3.68. The SMILES string of the molecule is CC(C)(OC(=O)C=Cc1cnccc1N1C(=O)OC[C@H]1c1ccccc1)N1CCC1=O. The molecule has 0 aliphatic carbocycles. The van der Waals surface area contributed by atoms with E-state index in [4.69, 9.17) is 9.47 Å². The molecule has 4 rings (SSSR count). The topological polar surface area (TPSA) is 89.0 Å². The molecular formula is C23H23N3O5. The molecule has 3 heterocycles. The predicted molar refractivity (Wildman–Crippen MR) is 113 cm³/mol. The van der Waals surface area contributed by atoms with E-state index in [0.29, 0.717) is 24.2 Å². The summed E-state index contributed by atoms with van der Waals surface area (Å²) in [5, 5.41) is 0. The first kappa shape index (κ1) is 20.6. The molecule has 2 fully saturated rings. The van der Waals surface area contributed by atoms with Crippen LogP contribution >= 0.6 is 0 Å². The summed E-state index contributed by atoms with van der Waals surface area (Å²) in [5.74, 6) is -0.640. The molecule has 0 unspecified atom stereocenters. The van der Waals surface area contributed by atoms with Gasteiger partial charge >= 0.3 is 12.1 Å². The van der Waals surface area contributed by atoms with Crippen LogP contribution in [0.2, 0.25) is 0 Å². The van der Waals surface area contributed by atoms with Crippen molar-refractivity contribution in [2.45, 2.75) is 32.0 Å². The van der Waals surface area contributed by atoms with Crippen LogP contribution < -0.4 is 4.90 Å². The zero-order valence-electron chi connectivity index (χ0n) is 17.4. The van der Waals surface area contributed by atoms with Gasteiger partial charge in [0.1, 0.15) is 6.61 Å². The monoisotopic (exact) mass is 421 g/mol. The summed E-state index contributed by atoms with van der Waals surface area (Å²) >= 11 is 0. The van der Waals surface area contributed by atoms with Crippen LogP contribution in [0, 0.1) is 0 Å². The largest absolute Gasteiger partial charge is 0.447 e. The molecule has 2 aliphatic heterocycles. The van der Waals surface area contributed by atoms with Crippen molar-refractivity contribution in [3.63, 3.8) is 0 Å². The Bertz CT molecular complexity index is 1030. The normalized spacial score (nSPS) is 18.8. The van der Waals surface area contributed by atoms with Crippen molar-refractivity contribution in [3.05, 3.63) is 66.0 Å². The average molecular weight is 421 g/mol. The van der Waals surface area contributed by atoms with Crippen LogP contribution in [0.4, 0.5) is 10.5 Å². The molecule has 1 aromatic heterocycles. The molecule has 1 atom stereocenters. The molecule has 0 radical (unpaired) electrons. The van der Waals surface area contributed by atoms with Crippen LogP contribution in [0.3, 0.4) is 0 Å². The summed E-state index contributed by atoms with van der Waals surface area (Å²) in [7, 11) is 0. The maximum Gasteiger partial charge on any atom is 0.415 e. The van der Waals surface area contributed by atoms with Gasteiger partial charge in [0.05, 0.1) is 11.7 Å². The van der Waals surface area contributed by atoms with Gasteiger partial charge < -0.3 is 14.4 Å². The number of β-lactam (4-membered cyclic amide) rings is 1. The second kappa shape index (κ2) is 8.22. The molecule has 0 spiro atoms. The highest BCUT2D eigenvalue weighted by Crippen LogP contribution is 2.35. The third kappa shape index (κ3) is 4.14. The van der Waals surface area contributed by atoms with Crippen LogP contribution in [0.25, 0.3) is 6.08 Å². The van der Waals surface area contributed by atoms with Crippen LogP contribution in [0.1, 0.15) is 37.4 Å². The lowest BCUT2D eigenvalue weighted by molar-refractivity contribution is -0.187. The highest BCUT2D eigenvalue weighted by molar-refractivity contribution is 5.95.